The molecule has 2 heterocycles. The number of benzene rings is 1. The van der Waals surface area contributed by atoms with E-state index in [0.717, 1.165) is 48.3 Å². The fourth-order valence-electron chi connectivity index (χ4n) is 3.76. The zero-order chi connectivity index (χ0) is 22.9. The number of aromatic nitrogens is 1. The van der Waals surface area contributed by atoms with Crippen LogP contribution in [-0.4, -0.2) is 37.3 Å². The number of carbonyl (C=O) groups excluding carboxylic acids is 1. The summed E-state index contributed by atoms with van der Waals surface area (Å²) >= 11 is 0. The Hall–Kier alpha value is -3.35. The Balaban J connectivity index is 1.53. The van der Waals surface area contributed by atoms with Crippen molar-refractivity contribution in [3.05, 3.63) is 69.8 Å². The molecule has 1 N–H and O–H groups in total. The molecule has 1 amide bonds. The molecular weight excluding hydrogens is 406 g/mol. The normalized spacial score (nSPS) is 10.8. The van der Waals surface area contributed by atoms with Gasteiger partial charge in [-0.05, 0) is 63.4 Å². The number of nitrogens with one attached hydrogen (secondary N) is 1. The third-order valence-corrected chi connectivity index (χ3v) is 5.59. The predicted octanol–water partition coefficient (Wildman–Crippen LogP) is 4.24. The number of pyridine rings is 1. The summed E-state index contributed by atoms with van der Waals surface area (Å²) < 4.78 is 10.8. The fourth-order valence-corrected chi connectivity index (χ4v) is 3.76. The van der Waals surface area contributed by atoms with Crippen LogP contribution in [0.4, 0.5) is 10.5 Å². The summed E-state index contributed by atoms with van der Waals surface area (Å²) in [6, 6.07) is 11.7. The highest BCUT2D eigenvalue weighted by atomic mass is 16.5. The molecule has 0 saturated heterocycles. The van der Waals surface area contributed by atoms with Gasteiger partial charge in [0.15, 0.2) is 0 Å². The highest BCUT2D eigenvalue weighted by Gasteiger charge is 2.14. The second-order valence-corrected chi connectivity index (χ2v) is 7.58. The average Bonchev–Trinajstić information content (AvgIpc) is 2.80. The highest BCUT2D eigenvalue weighted by molar-refractivity contribution is 5.84. The van der Waals surface area contributed by atoms with Crippen LogP contribution in [0, 0.1) is 6.92 Å². The molecular formula is C25H31N3O4. The maximum absolute atomic E-state index is 12.6. The number of hydrogen-bond donors (Lipinski definition) is 1. The summed E-state index contributed by atoms with van der Waals surface area (Å²) in [5.41, 5.74) is 3.61. The van der Waals surface area contributed by atoms with Gasteiger partial charge in [-0.15, -0.1) is 0 Å². The topological polar surface area (TPSA) is 84.7 Å². The molecule has 0 bridgehead atoms. The Morgan fingerprint density at radius 2 is 1.97 bits per heavy atom. The van der Waals surface area contributed by atoms with E-state index in [1.807, 2.05) is 43.3 Å². The molecule has 2 aromatic heterocycles. The maximum atomic E-state index is 12.6. The minimum atomic E-state index is -0.488. The van der Waals surface area contributed by atoms with Gasteiger partial charge in [0.2, 0.25) is 0 Å². The van der Waals surface area contributed by atoms with E-state index in [4.69, 9.17) is 9.15 Å². The molecule has 0 fully saturated rings. The molecule has 3 aromatic rings. The van der Waals surface area contributed by atoms with Gasteiger partial charge in [0.25, 0.3) is 0 Å². The molecule has 0 aliphatic rings. The van der Waals surface area contributed by atoms with Crippen LogP contribution in [0.15, 0.2) is 51.8 Å². The van der Waals surface area contributed by atoms with Crippen molar-refractivity contribution < 1.29 is 13.9 Å². The number of amides is 1. The summed E-state index contributed by atoms with van der Waals surface area (Å²) in [4.78, 5) is 30.9. The van der Waals surface area contributed by atoms with Crippen molar-refractivity contribution >= 4 is 22.7 Å². The van der Waals surface area contributed by atoms with E-state index in [0.29, 0.717) is 24.1 Å². The first-order valence-corrected chi connectivity index (χ1v) is 11.1. The first kappa shape index (κ1) is 23.3. The summed E-state index contributed by atoms with van der Waals surface area (Å²) in [7, 11) is 0. The molecule has 0 aliphatic heterocycles. The quantitative estimate of drug-likeness (QED) is 0.377. The molecule has 0 saturated carbocycles. The lowest BCUT2D eigenvalue weighted by Gasteiger charge is -2.21. The molecule has 0 unspecified atom stereocenters. The third kappa shape index (κ3) is 5.87. The van der Waals surface area contributed by atoms with E-state index < -0.39 is 6.09 Å². The highest BCUT2D eigenvalue weighted by Crippen LogP contribution is 2.25. The summed E-state index contributed by atoms with van der Waals surface area (Å²) in [5.74, 6) is 0. The van der Waals surface area contributed by atoms with Crippen LogP contribution < -0.4 is 15.8 Å². The number of fused-ring (bicyclic) bond motifs is 1. The van der Waals surface area contributed by atoms with Gasteiger partial charge in [-0.25, -0.2) is 9.59 Å². The van der Waals surface area contributed by atoms with Crippen LogP contribution in [0.5, 0.6) is 0 Å². The molecule has 32 heavy (non-hydrogen) atoms. The third-order valence-electron chi connectivity index (χ3n) is 5.59. The van der Waals surface area contributed by atoms with Gasteiger partial charge < -0.3 is 19.4 Å². The lowest BCUT2D eigenvalue weighted by atomic mass is 10.0. The smallest absolute Gasteiger partial charge is 0.407 e. The first-order valence-electron chi connectivity index (χ1n) is 11.1. The van der Waals surface area contributed by atoms with Gasteiger partial charge in [-0.1, -0.05) is 6.07 Å². The summed E-state index contributed by atoms with van der Waals surface area (Å²) in [6.45, 7) is 8.47. The number of carbonyl (C=O) groups is 1. The second kappa shape index (κ2) is 11.3. The lowest BCUT2D eigenvalue weighted by molar-refractivity contribution is 0.147. The minimum absolute atomic E-state index is 0.112. The van der Waals surface area contributed by atoms with Gasteiger partial charge in [0, 0.05) is 60.6 Å². The number of rotatable bonds is 10. The monoisotopic (exact) mass is 437 g/mol. The molecule has 7 nitrogen and oxygen atoms in total. The van der Waals surface area contributed by atoms with Gasteiger partial charge >= 0.3 is 11.7 Å². The van der Waals surface area contributed by atoms with Gasteiger partial charge in [0.1, 0.15) is 5.58 Å². The van der Waals surface area contributed by atoms with E-state index in [-0.39, 0.29) is 12.2 Å². The van der Waals surface area contributed by atoms with Crippen LogP contribution >= 0.6 is 0 Å². The van der Waals surface area contributed by atoms with Gasteiger partial charge in [-0.2, -0.15) is 0 Å². The number of hydrogen-bond acceptors (Lipinski definition) is 6. The second-order valence-electron chi connectivity index (χ2n) is 7.58. The van der Waals surface area contributed by atoms with Crippen molar-refractivity contribution in [3.8, 4) is 0 Å². The molecule has 0 atom stereocenters. The van der Waals surface area contributed by atoms with Crippen LogP contribution in [0.2, 0.25) is 0 Å². The minimum Gasteiger partial charge on any atom is -0.449 e. The van der Waals surface area contributed by atoms with E-state index >= 15 is 0 Å². The Kier molecular flexibility index (Phi) is 8.25. The molecule has 170 valence electrons. The van der Waals surface area contributed by atoms with Crippen molar-refractivity contribution in [3.63, 3.8) is 0 Å². The summed E-state index contributed by atoms with van der Waals surface area (Å²) in [6.07, 6.45) is 3.14. The maximum Gasteiger partial charge on any atom is 0.407 e. The molecule has 0 aliphatic carbocycles. The number of aryl methyl sites for hydroxylation is 2. The van der Waals surface area contributed by atoms with E-state index in [9.17, 15) is 9.59 Å². The van der Waals surface area contributed by atoms with E-state index in [2.05, 4.69) is 29.0 Å². The van der Waals surface area contributed by atoms with E-state index in [1.54, 1.807) is 6.20 Å². The Labute approximate surface area is 188 Å². The van der Waals surface area contributed by atoms with Crippen LogP contribution in [0.1, 0.15) is 37.1 Å². The zero-order valence-electron chi connectivity index (χ0n) is 19.0. The van der Waals surface area contributed by atoms with Crippen LogP contribution in [0.3, 0.4) is 0 Å². The largest absolute Gasteiger partial charge is 0.449 e. The Bertz CT molecular complexity index is 1090. The molecule has 7 heteroatoms. The van der Waals surface area contributed by atoms with Crippen molar-refractivity contribution in [2.75, 3.05) is 31.1 Å². The van der Waals surface area contributed by atoms with Crippen molar-refractivity contribution in [2.24, 2.45) is 0 Å². The predicted molar refractivity (Wildman–Crippen MR) is 126 cm³/mol. The molecule has 0 spiro atoms. The SMILES string of the molecule is CCN(CC)c1ccc2c(C)c(CCOC(=O)NCCCc3ccccn3)c(=O)oc2c1. The van der Waals surface area contributed by atoms with Crippen molar-refractivity contribution in [1.82, 2.24) is 10.3 Å². The number of alkyl carbamates (subject to hydrolysis) is 1. The first-order chi connectivity index (χ1) is 15.5. The Morgan fingerprint density at radius 3 is 2.69 bits per heavy atom. The number of ether oxygens (including phenoxy) is 1. The molecule has 0 radical (unpaired) electrons. The van der Waals surface area contributed by atoms with Gasteiger partial charge in [0.05, 0.1) is 6.61 Å². The van der Waals surface area contributed by atoms with Crippen molar-refractivity contribution in [2.45, 2.75) is 40.0 Å². The summed E-state index contributed by atoms with van der Waals surface area (Å²) in [5, 5.41) is 3.63. The molecule has 1 aromatic carbocycles. The Morgan fingerprint density at radius 1 is 1.16 bits per heavy atom. The van der Waals surface area contributed by atoms with Crippen LogP contribution in [-0.2, 0) is 17.6 Å². The lowest BCUT2D eigenvalue weighted by Crippen LogP contribution is -2.27. The standard InChI is InChI=1S/C25H31N3O4/c1-4-28(5-2)20-11-12-21-18(3)22(24(29)32-23(21)17-20)13-16-31-25(30)27-15-8-10-19-9-6-7-14-26-19/h6-7,9,11-12,14,17H,4-5,8,10,13,15-16H2,1-3H3,(H,27,30). The fraction of sp³-hybridized carbons (Fsp3) is 0.400. The zero-order valence-corrected chi connectivity index (χ0v) is 19.0. The van der Waals surface area contributed by atoms with E-state index in [1.165, 1.54) is 0 Å². The van der Waals surface area contributed by atoms with Crippen LogP contribution in [0.25, 0.3) is 11.0 Å². The van der Waals surface area contributed by atoms with Gasteiger partial charge in [-0.3, -0.25) is 4.98 Å². The average molecular weight is 438 g/mol. The van der Waals surface area contributed by atoms with Crippen molar-refractivity contribution in [1.29, 1.82) is 0 Å². The number of nitrogens with zero attached hydrogens (tertiary/aromatic N) is 2. The molecule has 3 rings (SSSR count). The number of anilines is 1.